The lowest BCUT2D eigenvalue weighted by Crippen LogP contribution is -2.39. The minimum Gasteiger partial charge on any atom is -0.316 e. The molecule has 0 radical (unpaired) electrons. The van der Waals surface area contributed by atoms with Crippen LogP contribution in [0.25, 0.3) is 0 Å². The van der Waals surface area contributed by atoms with Crippen LogP contribution in [0.15, 0.2) is 18.2 Å². The normalized spacial score (nSPS) is 28.7. The second kappa shape index (κ2) is 5.80. The molecule has 2 unspecified atom stereocenters. The zero-order valence-electron chi connectivity index (χ0n) is 11.2. The number of hydrogen-bond acceptors (Lipinski definition) is 1. The molecule has 0 aromatic heterocycles. The Kier molecular flexibility index (Phi) is 4.09. The third-order valence-electron chi connectivity index (χ3n) is 4.89. The van der Waals surface area contributed by atoms with E-state index in [-0.39, 0.29) is 5.82 Å². The van der Waals surface area contributed by atoms with Crippen LogP contribution in [0.3, 0.4) is 0 Å². The minimum atomic E-state index is -0.0840. The lowest BCUT2D eigenvalue weighted by atomic mass is 9.73. The van der Waals surface area contributed by atoms with Gasteiger partial charge in [0.25, 0.3) is 0 Å². The molecule has 1 aliphatic heterocycles. The standard InChI is InChI=1S/C16H21ClFN/c17-12-5-6-16(18)14(9-12)13-7-8-19-10-15(13)11-3-1-2-4-11/h5-6,9,11,13,15,19H,1-4,7-8,10H2. The van der Waals surface area contributed by atoms with Crippen molar-refractivity contribution in [3.05, 3.63) is 34.6 Å². The molecule has 1 saturated heterocycles. The molecule has 2 fully saturated rings. The zero-order valence-corrected chi connectivity index (χ0v) is 11.9. The van der Waals surface area contributed by atoms with Crippen molar-refractivity contribution in [3.8, 4) is 0 Å². The monoisotopic (exact) mass is 281 g/mol. The average molecular weight is 282 g/mol. The van der Waals surface area contributed by atoms with Crippen LogP contribution in [-0.2, 0) is 0 Å². The molecule has 2 atom stereocenters. The average Bonchev–Trinajstić information content (AvgIpc) is 2.95. The Morgan fingerprint density at radius 3 is 2.74 bits per heavy atom. The quantitative estimate of drug-likeness (QED) is 0.849. The van der Waals surface area contributed by atoms with Gasteiger partial charge in [-0.15, -0.1) is 0 Å². The van der Waals surface area contributed by atoms with Gasteiger partial charge in [0.15, 0.2) is 0 Å². The summed E-state index contributed by atoms with van der Waals surface area (Å²) < 4.78 is 14.1. The Bertz CT molecular complexity index is 442. The van der Waals surface area contributed by atoms with Gasteiger partial charge in [-0.2, -0.15) is 0 Å². The Labute approximate surface area is 119 Å². The van der Waals surface area contributed by atoms with Gasteiger partial charge < -0.3 is 5.32 Å². The molecule has 3 rings (SSSR count). The Balaban J connectivity index is 1.88. The van der Waals surface area contributed by atoms with Crippen LogP contribution in [0.2, 0.25) is 5.02 Å². The molecule has 1 N–H and O–H groups in total. The van der Waals surface area contributed by atoms with Crippen LogP contribution in [0.1, 0.15) is 43.6 Å². The van der Waals surface area contributed by atoms with Gasteiger partial charge in [0.05, 0.1) is 0 Å². The van der Waals surface area contributed by atoms with E-state index in [0.717, 1.165) is 31.0 Å². The van der Waals surface area contributed by atoms with Crippen LogP contribution in [-0.4, -0.2) is 13.1 Å². The number of benzene rings is 1. The molecule has 1 heterocycles. The van der Waals surface area contributed by atoms with E-state index in [2.05, 4.69) is 5.32 Å². The third-order valence-corrected chi connectivity index (χ3v) is 5.13. The molecule has 104 valence electrons. The first-order valence-electron chi connectivity index (χ1n) is 7.41. The summed E-state index contributed by atoms with van der Waals surface area (Å²) in [4.78, 5) is 0. The first-order valence-corrected chi connectivity index (χ1v) is 7.79. The number of halogens is 2. The van der Waals surface area contributed by atoms with Crippen LogP contribution >= 0.6 is 11.6 Å². The molecule has 0 amide bonds. The van der Waals surface area contributed by atoms with Gasteiger partial charge >= 0.3 is 0 Å². The molecular formula is C16H21ClFN. The first kappa shape index (κ1) is 13.4. The maximum absolute atomic E-state index is 14.1. The highest BCUT2D eigenvalue weighted by molar-refractivity contribution is 6.30. The highest BCUT2D eigenvalue weighted by Gasteiger charge is 2.35. The van der Waals surface area contributed by atoms with E-state index >= 15 is 0 Å². The molecule has 1 aliphatic carbocycles. The van der Waals surface area contributed by atoms with Crippen molar-refractivity contribution in [3.63, 3.8) is 0 Å². The van der Waals surface area contributed by atoms with Gasteiger partial charge in [-0.1, -0.05) is 37.3 Å². The molecule has 0 spiro atoms. The van der Waals surface area contributed by atoms with Crippen molar-refractivity contribution in [1.29, 1.82) is 0 Å². The second-order valence-electron chi connectivity index (χ2n) is 5.97. The number of rotatable bonds is 2. The van der Waals surface area contributed by atoms with Crippen LogP contribution < -0.4 is 5.32 Å². The van der Waals surface area contributed by atoms with Crippen molar-refractivity contribution in [2.45, 2.75) is 38.0 Å². The van der Waals surface area contributed by atoms with E-state index in [1.807, 2.05) is 6.07 Å². The molecule has 1 aromatic rings. The largest absolute Gasteiger partial charge is 0.316 e. The van der Waals surface area contributed by atoms with E-state index in [4.69, 9.17) is 11.6 Å². The predicted octanol–water partition coefficient (Wildman–Crippen LogP) is 4.36. The van der Waals surface area contributed by atoms with Crippen molar-refractivity contribution >= 4 is 11.6 Å². The van der Waals surface area contributed by atoms with E-state index in [9.17, 15) is 4.39 Å². The molecule has 1 nitrogen and oxygen atoms in total. The summed E-state index contributed by atoms with van der Waals surface area (Å²) in [7, 11) is 0. The van der Waals surface area contributed by atoms with Crippen LogP contribution in [0.5, 0.6) is 0 Å². The zero-order chi connectivity index (χ0) is 13.2. The minimum absolute atomic E-state index is 0.0840. The van der Waals surface area contributed by atoms with Gasteiger partial charge in [-0.05, 0) is 61.0 Å². The molecule has 19 heavy (non-hydrogen) atoms. The Morgan fingerprint density at radius 2 is 1.95 bits per heavy atom. The van der Waals surface area contributed by atoms with Crippen molar-refractivity contribution in [2.75, 3.05) is 13.1 Å². The summed E-state index contributed by atoms with van der Waals surface area (Å²) in [6.45, 7) is 2.02. The lowest BCUT2D eigenvalue weighted by Gasteiger charge is -2.36. The fraction of sp³-hybridized carbons (Fsp3) is 0.625. The summed E-state index contributed by atoms with van der Waals surface area (Å²) >= 11 is 6.06. The molecule has 2 aliphatic rings. The molecule has 1 saturated carbocycles. The highest BCUT2D eigenvalue weighted by atomic mass is 35.5. The van der Waals surface area contributed by atoms with Gasteiger partial charge in [0.2, 0.25) is 0 Å². The van der Waals surface area contributed by atoms with Gasteiger partial charge in [-0.3, -0.25) is 0 Å². The lowest BCUT2D eigenvalue weighted by molar-refractivity contribution is 0.227. The van der Waals surface area contributed by atoms with E-state index in [0.29, 0.717) is 16.9 Å². The summed E-state index contributed by atoms with van der Waals surface area (Å²) in [5.41, 5.74) is 0.839. The van der Waals surface area contributed by atoms with Crippen molar-refractivity contribution in [1.82, 2.24) is 5.32 Å². The Hall–Kier alpha value is -0.600. The summed E-state index contributed by atoms with van der Waals surface area (Å²) in [5, 5.41) is 4.14. The summed E-state index contributed by atoms with van der Waals surface area (Å²) in [6, 6.07) is 5.01. The number of hydrogen-bond donors (Lipinski definition) is 1. The fourth-order valence-corrected chi connectivity index (χ4v) is 4.13. The smallest absolute Gasteiger partial charge is 0.126 e. The maximum Gasteiger partial charge on any atom is 0.126 e. The summed E-state index contributed by atoms with van der Waals surface area (Å²) in [5.74, 6) is 1.59. The Morgan fingerprint density at radius 1 is 1.16 bits per heavy atom. The van der Waals surface area contributed by atoms with Gasteiger partial charge in [0, 0.05) is 5.02 Å². The topological polar surface area (TPSA) is 12.0 Å². The van der Waals surface area contributed by atoms with Crippen molar-refractivity contribution < 1.29 is 4.39 Å². The van der Waals surface area contributed by atoms with Crippen molar-refractivity contribution in [2.24, 2.45) is 11.8 Å². The fourth-order valence-electron chi connectivity index (χ4n) is 3.95. The molecule has 0 bridgehead atoms. The van der Waals surface area contributed by atoms with Gasteiger partial charge in [0.1, 0.15) is 5.82 Å². The SMILES string of the molecule is Fc1ccc(Cl)cc1C1CCNCC1C1CCCC1. The molecular weight excluding hydrogens is 261 g/mol. The molecule has 1 aromatic carbocycles. The third kappa shape index (κ3) is 2.80. The number of nitrogens with one attached hydrogen (secondary N) is 1. The van der Waals surface area contributed by atoms with E-state index in [1.54, 1.807) is 6.07 Å². The predicted molar refractivity (Wildman–Crippen MR) is 77.1 cm³/mol. The second-order valence-corrected chi connectivity index (χ2v) is 6.41. The van der Waals surface area contributed by atoms with E-state index < -0.39 is 0 Å². The van der Waals surface area contributed by atoms with Crippen LogP contribution in [0.4, 0.5) is 4.39 Å². The highest BCUT2D eigenvalue weighted by Crippen LogP contribution is 2.42. The maximum atomic E-state index is 14.1. The first-order chi connectivity index (χ1) is 9.25. The van der Waals surface area contributed by atoms with Gasteiger partial charge in [-0.25, -0.2) is 4.39 Å². The van der Waals surface area contributed by atoms with Crippen LogP contribution in [0, 0.1) is 17.7 Å². The number of piperidine rings is 1. The van der Waals surface area contributed by atoms with E-state index in [1.165, 1.54) is 31.7 Å². The molecule has 3 heteroatoms. The summed E-state index contributed by atoms with van der Waals surface area (Å²) in [6.07, 6.45) is 6.33.